The molecule has 0 heterocycles. The van der Waals surface area contributed by atoms with Crippen LogP contribution in [0.4, 0.5) is 0 Å². The first-order valence-electron chi connectivity index (χ1n) is 3.67. The molecule has 0 saturated carbocycles. The van der Waals surface area contributed by atoms with Crippen LogP contribution in [0.2, 0.25) is 0 Å². The summed E-state index contributed by atoms with van der Waals surface area (Å²) < 4.78 is 9.33. The van der Waals surface area contributed by atoms with E-state index in [1.807, 2.05) is 0 Å². The number of carbonyl (C=O) groups excluding carboxylic acids is 2. The molecule has 0 radical (unpaired) electrons. The van der Waals surface area contributed by atoms with Crippen LogP contribution in [0.1, 0.15) is 0 Å². The minimum atomic E-state index is -0.685. The predicted molar refractivity (Wildman–Crippen MR) is 53.0 cm³/mol. The van der Waals surface area contributed by atoms with Crippen molar-refractivity contribution in [1.29, 1.82) is 0 Å². The van der Waals surface area contributed by atoms with E-state index < -0.39 is 18.0 Å². The van der Waals surface area contributed by atoms with Gasteiger partial charge >= 0.3 is 11.9 Å². The van der Waals surface area contributed by atoms with Gasteiger partial charge in [0, 0.05) is 0 Å². The van der Waals surface area contributed by atoms with Gasteiger partial charge in [0.15, 0.2) is 0 Å². The first-order chi connectivity index (χ1) is 6.63. The molecular weight excluding hydrogens is 254 g/mol. The summed E-state index contributed by atoms with van der Waals surface area (Å²) >= 11 is 15.8. The van der Waals surface area contributed by atoms with Crippen molar-refractivity contribution >= 4 is 46.7 Å². The zero-order valence-electron chi connectivity index (χ0n) is 7.17. The van der Waals surface area contributed by atoms with Crippen LogP contribution < -0.4 is 0 Å². The summed E-state index contributed by atoms with van der Waals surface area (Å²) in [6, 6.07) is 0. The van der Waals surface area contributed by atoms with E-state index in [4.69, 9.17) is 39.5 Å². The van der Waals surface area contributed by atoms with E-state index >= 15 is 0 Å². The molecule has 0 aromatic heterocycles. The molecule has 0 fully saturated rings. The Labute approximate surface area is 96.4 Å². The third-order valence-corrected chi connectivity index (χ3v) is 1.90. The number of alkyl halides is 3. The summed E-state index contributed by atoms with van der Waals surface area (Å²) in [6.07, 6.45) is -0.685. The molecule has 0 rings (SSSR count). The fourth-order valence-corrected chi connectivity index (χ4v) is 0.844. The van der Waals surface area contributed by atoms with E-state index in [1.165, 1.54) is 0 Å². The molecule has 7 heteroatoms. The molecule has 4 nitrogen and oxygen atoms in total. The summed E-state index contributed by atoms with van der Waals surface area (Å²) in [5.74, 6) is -1.70. The highest BCUT2D eigenvalue weighted by molar-refractivity contribution is 6.26. The molecule has 0 aromatic carbocycles. The first-order valence-corrected chi connectivity index (χ1v) is 5.27. The second kappa shape index (κ2) is 8.15. The Morgan fingerprint density at radius 3 is 2.07 bits per heavy atom. The van der Waals surface area contributed by atoms with Crippen LogP contribution in [0.25, 0.3) is 0 Å². The summed E-state index contributed by atoms with van der Waals surface area (Å²) in [5.41, 5.74) is 0. The number of ether oxygens (including phenoxy) is 2. The van der Waals surface area contributed by atoms with Crippen molar-refractivity contribution in [3.8, 4) is 0 Å². The number of carbonyl (C=O) groups is 2. The van der Waals surface area contributed by atoms with Gasteiger partial charge in [-0.1, -0.05) is 0 Å². The van der Waals surface area contributed by atoms with Crippen LogP contribution in [0.15, 0.2) is 0 Å². The minimum Gasteiger partial charge on any atom is -0.461 e. The monoisotopic (exact) mass is 262 g/mol. The number of hydrogen-bond acceptors (Lipinski definition) is 4. The molecule has 0 aliphatic heterocycles. The maximum Gasteiger partial charge on any atom is 0.321 e. The highest BCUT2D eigenvalue weighted by Crippen LogP contribution is 1.99. The van der Waals surface area contributed by atoms with Gasteiger partial charge in [0.25, 0.3) is 0 Å². The lowest BCUT2D eigenvalue weighted by molar-refractivity contribution is -0.154. The third-order valence-electron chi connectivity index (χ3n) is 1.12. The smallest absolute Gasteiger partial charge is 0.321 e. The summed E-state index contributed by atoms with van der Waals surface area (Å²) in [6.45, 7) is -0.113. The maximum absolute atomic E-state index is 10.7. The van der Waals surface area contributed by atoms with Gasteiger partial charge in [-0.25, -0.2) is 0 Å². The molecule has 0 aliphatic rings. The van der Waals surface area contributed by atoms with Gasteiger partial charge in [0.1, 0.15) is 24.5 Å². The lowest BCUT2D eigenvalue weighted by Gasteiger charge is -2.13. The maximum atomic E-state index is 10.7. The second-order valence-electron chi connectivity index (χ2n) is 2.22. The molecule has 0 aliphatic carbocycles. The number of esters is 2. The summed E-state index contributed by atoms with van der Waals surface area (Å²) in [4.78, 5) is 21.3. The minimum absolute atomic E-state index is 0.0260. The SMILES string of the molecule is O=C(CCl)OCC(CCl)OC(=O)CCl. The summed E-state index contributed by atoms with van der Waals surface area (Å²) in [7, 11) is 0. The zero-order valence-corrected chi connectivity index (χ0v) is 9.44. The Bertz CT molecular complexity index is 197. The van der Waals surface area contributed by atoms with Crippen molar-refractivity contribution in [1.82, 2.24) is 0 Å². The normalized spacial score (nSPS) is 11.9. The quantitative estimate of drug-likeness (QED) is 0.533. The van der Waals surface area contributed by atoms with E-state index in [1.54, 1.807) is 0 Å². The van der Waals surface area contributed by atoms with Crippen LogP contribution in [-0.2, 0) is 19.1 Å². The average molecular weight is 264 g/mol. The standard InChI is InChI=1S/C7H9Cl3O4/c8-1-5(14-7(12)3-10)4-13-6(11)2-9/h5H,1-4H2. The Hall–Kier alpha value is -0.190. The van der Waals surface area contributed by atoms with Crippen LogP contribution in [0.5, 0.6) is 0 Å². The fourth-order valence-electron chi connectivity index (χ4n) is 0.552. The Balaban J connectivity index is 3.79. The van der Waals surface area contributed by atoms with Crippen molar-refractivity contribution in [3.05, 3.63) is 0 Å². The zero-order chi connectivity index (χ0) is 11.0. The highest BCUT2D eigenvalue weighted by atomic mass is 35.5. The first kappa shape index (κ1) is 13.8. The molecule has 0 amide bonds. The van der Waals surface area contributed by atoms with Gasteiger partial charge in [-0.05, 0) is 0 Å². The van der Waals surface area contributed by atoms with Crippen molar-refractivity contribution in [2.45, 2.75) is 6.10 Å². The van der Waals surface area contributed by atoms with Crippen molar-refractivity contribution < 1.29 is 19.1 Å². The third kappa shape index (κ3) is 6.29. The fraction of sp³-hybridized carbons (Fsp3) is 0.714. The topological polar surface area (TPSA) is 52.6 Å². The van der Waals surface area contributed by atoms with Gasteiger partial charge in [0.05, 0.1) is 5.88 Å². The van der Waals surface area contributed by atoms with Gasteiger partial charge in [-0.15, -0.1) is 34.8 Å². The van der Waals surface area contributed by atoms with Gasteiger partial charge in [-0.3, -0.25) is 9.59 Å². The van der Waals surface area contributed by atoms with Crippen LogP contribution in [0, 0.1) is 0 Å². The molecule has 0 N–H and O–H groups in total. The lowest BCUT2D eigenvalue weighted by atomic mass is 10.4. The van der Waals surface area contributed by atoms with E-state index in [0.717, 1.165) is 0 Å². The average Bonchev–Trinajstić information content (AvgIpc) is 2.22. The van der Waals surface area contributed by atoms with E-state index in [0.29, 0.717) is 0 Å². The Morgan fingerprint density at radius 2 is 1.64 bits per heavy atom. The summed E-state index contributed by atoms with van der Waals surface area (Å²) in [5, 5.41) is 0. The van der Waals surface area contributed by atoms with Crippen molar-refractivity contribution in [2.24, 2.45) is 0 Å². The Morgan fingerprint density at radius 1 is 1.07 bits per heavy atom. The number of halogens is 3. The number of rotatable bonds is 6. The highest BCUT2D eigenvalue weighted by Gasteiger charge is 2.14. The van der Waals surface area contributed by atoms with E-state index in [-0.39, 0.29) is 24.2 Å². The van der Waals surface area contributed by atoms with E-state index in [2.05, 4.69) is 4.74 Å². The number of hydrogen-bond donors (Lipinski definition) is 0. The largest absolute Gasteiger partial charge is 0.461 e. The molecule has 0 aromatic rings. The predicted octanol–water partition coefficient (Wildman–Crippen LogP) is 1.16. The molecule has 0 saturated heterocycles. The molecular formula is C7H9Cl3O4. The molecule has 14 heavy (non-hydrogen) atoms. The molecule has 0 spiro atoms. The van der Waals surface area contributed by atoms with E-state index in [9.17, 15) is 9.59 Å². The van der Waals surface area contributed by atoms with Gasteiger partial charge < -0.3 is 9.47 Å². The van der Waals surface area contributed by atoms with Crippen molar-refractivity contribution in [3.63, 3.8) is 0 Å². The van der Waals surface area contributed by atoms with Gasteiger partial charge in [-0.2, -0.15) is 0 Å². The van der Waals surface area contributed by atoms with Crippen LogP contribution >= 0.6 is 34.8 Å². The molecule has 1 unspecified atom stereocenters. The molecule has 82 valence electrons. The van der Waals surface area contributed by atoms with Crippen LogP contribution in [-0.4, -0.2) is 42.3 Å². The van der Waals surface area contributed by atoms with Crippen LogP contribution in [0.3, 0.4) is 0 Å². The Kier molecular flexibility index (Phi) is 8.04. The second-order valence-corrected chi connectivity index (χ2v) is 3.06. The van der Waals surface area contributed by atoms with Gasteiger partial charge in [0.2, 0.25) is 0 Å². The lowest BCUT2D eigenvalue weighted by Crippen LogP contribution is -2.27. The van der Waals surface area contributed by atoms with Crippen molar-refractivity contribution in [2.75, 3.05) is 24.2 Å². The molecule has 0 bridgehead atoms. The molecule has 1 atom stereocenters.